The second kappa shape index (κ2) is 76.9. The fraction of sp³-hybridized carbons (Fsp3) is 0.365. The van der Waals surface area contributed by atoms with Gasteiger partial charge in [-0.05, 0) is 138 Å². The Hall–Kier alpha value is -9.11. The summed E-state index contributed by atoms with van der Waals surface area (Å²) in [4.78, 5) is 57.8. The molecule has 0 aliphatic carbocycles. The summed E-state index contributed by atoms with van der Waals surface area (Å²) in [7, 11) is 0. The van der Waals surface area contributed by atoms with E-state index in [9.17, 15) is 0 Å². The van der Waals surface area contributed by atoms with E-state index in [1.807, 2.05) is 240 Å². The van der Waals surface area contributed by atoms with Crippen LogP contribution in [0.2, 0.25) is 0 Å². The van der Waals surface area contributed by atoms with Gasteiger partial charge in [-0.15, -0.1) is 0 Å². The molecule has 0 amide bonds. The molecule has 0 unspecified atom stereocenters. The monoisotopic (exact) mass is 1210 g/mol. The molecule has 0 spiro atoms. The van der Waals surface area contributed by atoms with Gasteiger partial charge in [0.2, 0.25) is 0 Å². The van der Waals surface area contributed by atoms with Gasteiger partial charge in [0.25, 0.3) is 0 Å². The Morgan fingerprint density at radius 1 is 0.225 bits per heavy atom. The fourth-order valence-corrected chi connectivity index (χ4v) is 5.17. The minimum atomic E-state index is 0.759. The van der Waals surface area contributed by atoms with E-state index in [0.717, 1.165) is 34.1 Å². The molecule has 0 fully saturated rings. The van der Waals surface area contributed by atoms with Crippen LogP contribution in [0.15, 0.2) is 209 Å². The van der Waals surface area contributed by atoms with Crippen molar-refractivity contribution in [2.75, 3.05) is 0 Å². The van der Waals surface area contributed by atoms with Crippen LogP contribution in [0.4, 0.5) is 0 Å². The summed E-state index contributed by atoms with van der Waals surface area (Å²) in [6, 6.07) is 30.1. The minimum Gasteiger partial charge on any atom is -0.265 e. The number of hydrogen-bond donors (Lipinski definition) is 0. The van der Waals surface area contributed by atoms with Crippen LogP contribution in [0.5, 0.6) is 0 Å². The lowest BCUT2D eigenvalue weighted by Gasteiger charge is -1.98. The smallest absolute Gasteiger partial charge is 0.128 e. The molecular formula is C74H115N15. The number of aryl methyl sites for hydroxylation is 9. The molecule has 15 heteroatoms. The van der Waals surface area contributed by atoms with Crippen LogP contribution in [0.3, 0.4) is 0 Å². The van der Waals surface area contributed by atoms with Crippen molar-refractivity contribution in [1.82, 2.24) is 74.8 Å². The van der Waals surface area contributed by atoms with Crippen molar-refractivity contribution < 1.29 is 0 Å². The van der Waals surface area contributed by atoms with Crippen LogP contribution in [0, 0.1) is 62.3 Å². The fourth-order valence-electron chi connectivity index (χ4n) is 5.17. The van der Waals surface area contributed by atoms with Crippen LogP contribution in [-0.2, 0) is 0 Å². The zero-order chi connectivity index (χ0) is 69.2. The van der Waals surface area contributed by atoms with E-state index in [1.165, 1.54) is 63.7 Å². The summed E-state index contributed by atoms with van der Waals surface area (Å²) in [5, 5.41) is 3.72. The van der Waals surface area contributed by atoms with Crippen molar-refractivity contribution >= 4 is 21.7 Å². The molecule has 0 N–H and O–H groups in total. The number of benzene rings is 2. The summed E-state index contributed by atoms with van der Waals surface area (Å²) in [6.07, 6.45) is 32.5. The van der Waals surface area contributed by atoms with Gasteiger partial charge in [-0.2, -0.15) is 0 Å². The zero-order valence-corrected chi connectivity index (χ0v) is 59.8. The standard InChI is InChI=1S/2C10H9N.2C6H7N.4C5H6N2.C4H5N3.9C2H6/c1-8-4-2-5-9-6-3-7-11-10(8)9;1-8-3-2-4-9-5-6-11-7-10(8)9;1-6-2-4-7-5-3-6;1-6-3-2-4-7-5-6;1-5-2-6-4-7-3-5;1-5-4-6-2-3-7-5;1-5-2-3-6-4-7-5;1-5-6-3-2-4-7-5;1-4-6-2-5-3-7-4;9*1-2/h2*2-7H,1H3;2*2-5H,1H3;4*2-4H,1H3;2-3H,1H3;9*1-2H3. The number of aromatic nitrogens is 15. The summed E-state index contributed by atoms with van der Waals surface area (Å²) in [5.74, 6) is 1.58. The molecule has 0 aliphatic rings. The van der Waals surface area contributed by atoms with Crippen molar-refractivity contribution in [3.05, 3.63) is 260 Å². The molecule has 9 aromatic heterocycles. The number of hydrogen-bond acceptors (Lipinski definition) is 15. The Morgan fingerprint density at radius 2 is 0.685 bits per heavy atom. The highest BCUT2D eigenvalue weighted by molar-refractivity contribution is 5.84. The van der Waals surface area contributed by atoms with Gasteiger partial charge in [-0.25, -0.2) is 44.9 Å². The van der Waals surface area contributed by atoms with Crippen molar-refractivity contribution in [1.29, 1.82) is 0 Å². The quantitative estimate of drug-likeness (QED) is 0.139. The lowest BCUT2D eigenvalue weighted by atomic mass is 10.1. The predicted octanol–water partition coefficient (Wildman–Crippen LogP) is 20.4. The van der Waals surface area contributed by atoms with Gasteiger partial charge in [0.1, 0.15) is 37.0 Å². The van der Waals surface area contributed by atoms with Crippen molar-refractivity contribution in [2.45, 2.75) is 187 Å². The molecule has 0 saturated carbocycles. The van der Waals surface area contributed by atoms with Gasteiger partial charge in [0, 0.05) is 109 Å². The molecule has 0 saturated heterocycles. The third-order valence-corrected chi connectivity index (χ3v) is 8.82. The summed E-state index contributed by atoms with van der Waals surface area (Å²) >= 11 is 0. The van der Waals surface area contributed by atoms with Gasteiger partial charge in [-0.1, -0.05) is 173 Å². The van der Waals surface area contributed by atoms with Crippen LogP contribution in [0.1, 0.15) is 175 Å². The van der Waals surface area contributed by atoms with Gasteiger partial charge in [-0.3, -0.25) is 29.9 Å². The van der Waals surface area contributed by atoms with E-state index in [2.05, 4.69) is 131 Å². The van der Waals surface area contributed by atoms with E-state index in [0.29, 0.717) is 0 Å². The Balaban J connectivity index is -0.000000165. The summed E-state index contributed by atoms with van der Waals surface area (Å²) in [6.45, 7) is 53.7. The SMILES string of the molecule is CC.CC.CC.CC.CC.CC.CC.CC.CC.Cc1cccc2cccnc12.Cc1cccc2ccncc12.Cc1cccnc1.Cc1ccncc1.Cc1ccncn1.Cc1cnccn1.Cc1cncnc1.Cc1ncccn1.Cc1ncncn1. The highest BCUT2D eigenvalue weighted by Gasteiger charge is 1.94. The Kier molecular flexibility index (Phi) is 80.9. The topological polar surface area (TPSA) is 193 Å². The predicted molar refractivity (Wildman–Crippen MR) is 385 cm³/mol. The van der Waals surface area contributed by atoms with Crippen molar-refractivity contribution in [3.63, 3.8) is 0 Å². The number of para-hydroxylation sites is 1. The maximum Gasteiger partial charge on any atom is 0.128 e. The lowest BCUT2D eigenvalue weighted by molar-refractivity contribution is 0.974. The average molecular weight is 1210 g/mol. The Morgan fingerprint density at radius 3 is 1.03 bits per heavy atom. The van der Waals surface area contributed by atoms with Crippen LogP contribution in [-0.4, -0.2) is 74.8 Å². The van der Waals surface area contributed by atoms with Crippen LogP contribution in [0.25, 0.3) is 21.7 Å². The number of nitrogens with zero attached hydrogens (tertiary/aromatic N) is 15. The summed E-state index contributed by atoms with van der Waals surface area (Å²) in [5.41, 5.74) is 9.17. The molecule has 9 heterocycles. The second-order valence-electron chi connectivity index (χ2n) is 15.0. The first-order chi connectivity index (χ1) is 43.5. The molecule has 0 atom stereocenters. The molecule has 15 nitrogen and oxygen atoms in total. The van der Waals surface area contributed by atoms with Gasteiger partial charge in [0.05, 0.1) is 11.2 Å². The average Bonchev–Trinajstić information content (AvgIpc) is 3.80. The van der Waals surface area contributed by atoms with Gasteiger partial charge in [0.15, 0.2) is 0 Å². The maximum absolute atomic E-state index is 4.28. The largest absolute Gasteiger partial charge is 0.265 e. The van der Waals surface area contributed by atoms with E-state index < -0.39 is 0 Å². The third-order valence-electron chi connectivity index (χ3n) is 8.82. The Labute approximate surface area is 540 Å². The number of fused-ring (bicyclic) bond motifs is 2. The van der Waals surface area contributed by atoms with E-state index >= 15 is 0 Å². The molecule has 11 aromatic rings. The highest BCUT2D eigenvalue weighted by Crippen LogP contribution is 2.16. The molecule has 2 aromatic carbocycles. The minimum absolute atomic E-state index is 0.759. The van der Waals surface area contributed by atoms with E-state index in [4.69, 9.17) is 0 Å². The number of rotatable bonds is 0. The molecule has 0 radical (unpaired) electrons. The molecule has 0 bridgehead atoms. The van der Waals surface area contributed by atoms with Crippen LogP contribution < -0.4 is 0 Å². The van der Waals surface area contributed by atoms with E-state index in [-0.39, 0.29) is 0 Å². The van der Waals surface area contributed by atoms with Crippen molar-refractivity contribution in [2.24, 2.45) is 0 Å². The molecule has 486 valence electrons. The van der Waals surface area contributed by atoms with E-state index in [1.54, 1.807) is 74.2 Å². The first-order valence-electron chi connectivity index (χ1n) is 31.3. The lowest BCUT2D eigenvalue weighted by Crippen LogP contribution is -1.84. The molecule has 89 heavy (non-hydrogen) atoms. The molecule has 11 rings (SSSR count). The zero-order valence-electron chi connectivity index (χ0n) is 59.8. The Bertz CT molecular complexity index is 2550. The first kappa shape index (κ1) is 93.6. The van der Waals surface area contributed by atoms with Crippen molar-refractivity contribution in [3.8, 4) is 0 Å². The van der Waals surface area contributed by atoms with Gasteiger partial charge >= 0.3 is 0 Å². The highest BCUT2D eigenvalue weighted by atomic mass is 15.0. The van der Waals surface area contributed by atoms with Gasteiger partial charge < -0.3 is 0 Å². The normalized spacial score (nSPS) is 7.94. The molecular weight excluding hydrogens is 1100 g/mol. The second-order valence-corrected chi connectivity index (χ2v) is 15.0. The molecule has 0 aliphatic heterocycles. The summed E-state index contributed by atoms with van der Waals surface area (Å²) < 4.78 is 0. The van der Waals surface area contributed by atoms with Crippen LogP contribution >= 0.6 is 0 Å². The first-order valence-corrected chi connectivity index (χ1v) is 31.3. The number of pyridine rings is 4. The third kappa shape index (κ3) is 59.0. The maximum atomic E-state index is 4.28.